The van der Waals surface area contributed by atoms with E-state index >= 15 is 0 Å². The number of aromatic nitrogens is 4. The Morgan fingerprint density at radius 1 is 1.24 bits per heavy atom. The number of fused-ring (bicyclic) bond motifs is 3. The Morgan fingerprint density at radius 2 is 2.09 bits per heavy atom. The number of amides is 2. The van der Waals surface area contributed by atoms with Gasteiger partial charge in [0.1, 0.15) is 7.85 Å². The molecule has 170 valence electrons. The lowest BCUT2D eigenvalue weighted by atomic mass is 9.91. The molecule has 0 bridgehead atoms. The molecule has 3 heterocycles. The average Bonchev–Trinajstić information content (AvgIpc) is 3.44. The second-order valence-electron chi connectivity index (χ2n) is 7.82. The fourth-order valence-corrected chi connectivity index (χ4v) is 5.20. The fraction of sp³-hybridized carbons (Fsp3) is 0.174. The highest BCUT2D eigenvalue weighted by Crippen LogP contribution is 2.43. The van der Waals surface area contributed by atoms with Crippen molar-refractivity contribution < 1.29 is 14.3 Å². The van der Waals surface area contributed by atoms with Crippen LogP contribution in [0.15, 0.2) is 42.7 Å². The summed E-state index contributed by atoms with van der Waals surface area (Å²) in [5.41, 5.74) is 7.09. The zero-order valence-corrected chi connectivity index (χ0v) is 19.7. The Balaban J connectivity index is 1.70. The minimum Gasteiger partial charge on any atom is -0.453 e. The predicted octanol–water partition coefficient (Wildman–Crippen LogP) is 1.95. The van der Waals surface area contributed by atoms with Crippen molar-refractivity contribution in [2.24, 2.45) is 0 Å². The predicted molar refractivity (Wildman–Crippen MR) is 133 cm³/mol. The molecule has 2 N–H and O–H groups in total. The minimum absolute atomic E-state index is 0.142. The maximum absolute atomic E-state index is 12.1. The highest BCUT2D eigenvalue weighted by molar-refractivity contribution is 7.19. The first-order valence-corrected chi connectivity index (χ1v) is 11.5. The van der Waals surface area contributed by atoms with Gasteiger partial charge < -0.3 is 10.1 Å². The van der Waals surface area contributed by atoms with Crippen LogP contribution in [-0.2, 0) is 17.6 Å². The van der Waals surface area contributed by atoms with E-state index in [1.807, 2.05) is 36.8 Å². The van der Waals surface area contributed by atoms with E-state index in [0.717, 1.165) is 57.1 Å². The standard InChI is InChI=1S/C23H21BN6O3S/c1-25-21(31)12-5-8-17(15(24)10-12)30-19-14(18(29-30)13-4-3-9-26-11-13)6-7-16-20(19)34-22(27-16)28-23(32)33-2/h3-5,8-11H,6-7,24H2,1-2H3,(H,25,31)(H,27,28,32). The first kappa shape index (κ1) is 21.8. The summed E-state index contributed by atoms with van der Waals surface area (Å²) in [5, 5.41) is 10.8. The van der Waals surface area contributed by atoms with E-state index in [2.05, 4.69) is 20.6 Å². The third-order valence-electron chi connectivity index (χ3n) is 5.75. The third-order valence-corrected chi connectivity index (χ3v) is 6.77. The second-order valence-corrected chi connectivity index (χ2v) is 8.82. The first-order valence-electron chi connectivity index (χ1n) is 10.7. The Labute approximate surface area is 200 Å². The second kappa shape index (κ2) is 8.75. The van der Waals surface area contributed by atoms with Gasteiger partial charge in [0.25, 0.3) is 5.91 Å². The molecule has 4 aromatic rings. The summed E-state index contributed by atoms with van der Waals surface area (Å²) in [6, 6.07) is 9.44. The van der Waals surface area contributed by atoms with Crippen molar-refractivity contribution in [2.45, 2.75) is 12.8 Å². The van der Waals surface area contributed by atoms with E-state index in [9.17, 15) is 9.59 Å². The van der Waals surface area contributed by atoms with Gasteiger partial charge in [-0.1, -0.05) is 22.9 Å². The number of hydrogen-bond donors (Lipinski definition) is 2. The number of anilines is 1. The highest BCUT2D eigenvalue weighted by Gasteiger charge is 2.30. The molecule has 1 aliphatic carbocycles. The van der Waals surface area contributed by atoms with Crippen molar-refractivity contribution in [3.05, 3.63) is 59.5 Å². The summed E-state index contributed by atoms with van der Waals surface area (Å²) in [4.78, 5) is 33.7. The Morgan fingerprint density at radius 3 is 2.79 bits per heavy atom. The van der Waals surface area contributed by atoms with Gasteiger partial charge in [0.05, 0.1) is 34.8 Å². The highest BCUT2D eigenvalue weighted by atomic mass is 32.1. The minimum atomic E-state index is -0.559. The normalized spacial score (nSPS) is 11.9. The number of carbonyl (C=O) groups is 2. The summed E-state index contributed by atoms with van der Waals surface area (Å²) >= 11 is 1.39. The summed E-state index contributed by atoms with van der Waals surface area (Å²) in [6.07, 6.45) is 4.47. The smallest absolute Gasteiger partial charge is 0.413 e. The zero-order chi connectivity index (χ0) is 23.8. The van der Waals surface area contributed by atoms with Crippen LogP contribution < -0.4 is 16.1 Å². The lowest BCUT2D eigenvalue weighted by Gasteiger charge is -2.16. The molecule has 11 heteroatoms. The number of hydrogen-bond acceptors (Lipinski definition) is 7. The molecule has 0 aliphatic heterocycles. The largest absolute Gasteiger partial charge is 0.453 e. The van der Waals surface area contributed by atoms with Crippen LogP contribution in [-0.4, -0.2) is 53.8 Å². The van der Waals surface area contributed by atoms with E-state index in [4.69, 9.17) is 9.84 Å². The monoisotopic (exact) mass is 472 g/mol. The molecule has 0 spiro atoms. The lowest BCUT2D eigenvalue weighted by molar-refractivity contribution is 0.0963. The van der Waals surface area contributed by atoms with Gasteiger partial charge >= 0.3 is 6.09 Å². The van der Waals surface area contributed by atoms with Crippen LogP contribution in [0.4, 0.5) is 9.93 Å². The van der Waals surface area contributed by atoms with Crippen molar-refractivity contribution in [3.63, 3.8) is 0 Å². The third kappa shape index (κ3) is 3.73. The maximum Gasteiger partial charge on any atom is 0.413 e. The molecule has 5 rings (SSSR count). The van der Waals surface area contributed by atoms with Crippen LogP contribution in [0.5, 0.6) is 0 Å². The molecule has 3 aromatic heterocycles. The Hall–Kier alpha value is -3.99. The lowest BCUT2D eigenvalue weighted by Crippen LogP contribution is -2.22. The number of nitrogens with one attached hydrogen (secondary N) is 2. The molecule has 1 aliphatic rings. The van der Waals surface area contributed by atoms with Crippen molar-refractivity contribution >= 4 is 41.8 Å². The van der Waals surface area contributed by atoms with Crippen molar-refractivity contribution in [1.29, 1.82) is 0 Å². The molecule has 0 unspecified atom stereocenters. The van der Waals surface area contributed by atoms with Crippen LogP contribution in [0, 0.1) is 0 Å². The van der Waals surface area contributed by atoms with E-state index < -0.39 is 6.09 Å². The van der Waals surface area contributed by atoms with Crippen LogP contribution >= 0.6 is 11.3 Å². The van der Waals surface area contributed by atoms with E-state index in [1.54, 1.807) is 25.5 Å². The molecule has 0 saturated heterocycles. The maximum atomic E-state index is 12.1. The number of benzene rings is 1. The Kier molecular flexibility index (Phi) is 5.62. The van der Waals surface area contributed by atoms with E-state index in [0.29, 0.717) is 10.7 Å². The number of carbonyl (C=O) groups excluding carboxylic acids is 2. The molecule has 1 aromatic carbocycles. The summed E-state index contributed by atoms with van der Waals surface area (Å²) < 4.78 is 6.64. The van der Waals surface area contributed by atoms with Crippen LogP contribution in [0.2, 0.25) is 0 Å². The van der Waals surface area contributed by atoms with Gasteiger partial charge in [-0.05, 0) is 37.1 Å². The summed E-state index contributed by atoms with van der Waals surface area (Å²) in [7, 11) is 4.89. The van der Waals surface area contributed by atoms with E-state index in [-0.39, 0.29) is 5.91 Å². The van der Waals surface area contributed by atoms with Gasteiger partial charge in [-0.25, -0.2) is 14.5 Å². The average molecular weight is 472 g/mol. The first-order chi connectivity index (χ1) is 16.5. The topological polar surface area (TPSA) is 111 Å². The molecule has 2 amide bonds. The molecule has 9 nitrogen and oxygen atoms in total. The van der Waals surface area contributed by atoms with Crippen LogP contribution in [0.3, 0.4) is 0 Å². The molecule has 0 saturated carbocycles. The number of pyridine rings is 1. The van der Waals surface area contributed by atoms with Gasteiger partial charge in [0.15, 0.2) is 5.13 Å². The number of aryl methyl sites for hydroxylation is 1. The SMILES string of the molecule is Bc1cc(C(=O)NC)ccc1-n1nc(-c2cccnc2)c2c1-c1sc(NC(=O)OC)nc1CC2. The number of methoxy groups -OCH3 is 1. The van der Waals surface area contributed by atoms with Gasteiger partial charge in [-0.2, -0.15) is 5.10 Å². The summed E-state index contributed by atoms with van der Waals surface area (Å²) in [6.45, 7) is 0. The summed E-state index contributed by atoms with van der Waals surface area (Å²) in [5.74, 6) is -0.142. The molecular formula is C23H21BN6O3S. The number of nitrogens with zero attached hydrogens (tertiary/aromatic N) is 4. The van der Waals surface area contributed by atoms with Gasteiger partial charge in [-0.15, -0.1) is 0 Å². The van der Waals surface area contributed by atoms with Crippen LogP contribution in [0.25, 0.3) is 27.5 Å². The quantitative estimate of drug-likeness (QED) is 0.440. The van der Waals surface area contributed by atoms with Crippen molar-refractivity contribution in [1.82, 2.24) is 25.1 Å². The van der Waals surface area contributed by atoms with E-state index in [1.165, 1.54) is 18.4 Å². The molecule has 0 atom stereocenters. The van der Waals surface area contributed by atoms with Gasteiger partial charge in [0, 0.05) is 36.1 Å². The molecular weight excluding hydrogens is 451 g/mol. The number of ether oxygens (including phenoxy) is 1. The van der Waals surface area contributed by atoms with Crippen molar-refractivity contribution in [3.8, 4) is 27.5 Å². The zero-order valence-electron chi connectivity index (χ0n) is 18.9. The Bertz CT molecular complexity index is 1420. The molecule has 0 fully saturated rings. The fourth-order valence-electron chi connectivity index (χ4n) is 4.15. The molecule has 0 radical (unpaired) electrons. The van der Waals surface area contributed by atoms with Crippen LogP contribution in [0.1, 0.15) is 21.6 Å². The number of thiazole rings is 1. The van der Waals surface area contributed by atoms with Crippen molar-refractivity contribution in [2.75, 3.05) is 19.5 Å². The number of rotatable bonds is 4. The molecule has 34 heavy (non-hydrogen) atoms. The van der Waals surface area contributed by atoms with Gasteiger partial charge in [0.2, 0.25) is 0 Å². The van der Waals surface area contributed by atoms with Gasteiger partial charge in [-0.3, -0.25) is 15.1 Å².